The molecule has 0 saturated heterocycles. The molecule has 2 unspecified atom stereocenters. The lowest BCUT2D eigenvalue weighted by Crippen LogP contribution is -2.45. The molecule has 0 saturated carbocycles. The van der Waals surface area contributed by atoms with E-state index in [-0.39, 0.29) is 19.1 Å². The van der Waals surface area contributed by atoms with Gasteiger partial charge in [-0.15, -0.1) is 0 Å². The fourth-order valence-corrected chi connectivity index (χ4v) is 0.954. The standard InChI is InChI=1S/C10H21NO4/c1-7(5-12)8(6-13)11-9(14)15-10(2,3)4/h7-8,12-13H,5-6H2,1-4H3,(H,11,14). The number of carbonyl (C=O) groups is 1. The van der Waals surface area contributed by atoms with Crippen molar-refractivity contribution >= 4 is 6.09 Å². The van der Waals surface area contributed by atoms with Gasteiger partial charge in [0.1, 0.15) is 5.60 Å². The molecule has 0 aromatic carbocycles. The maximum Gasteiger partial charge on any atom is 0.407 e. The first-order valence-corrected chi connectivity index (χ1v) is 5.01. The molecule has 0 radical (unpaired) electrons. The fraction of sp³-hybridized carbons (Fsp3) is 0.900. The third kappa shape index (κ3) is 6.30. The van der Waals surface area contributed by atoms with Gasteiger partial charge in [-0.3, -0.25) is 0 Å². The van der Waals surface area contributed by atoms with E-state index in [1.165, 1.54) is 0 Å². The van der Waals surface area contributed by atoms with Gasteiger partial charge in [-0.25, -0.2) is 4.79 Å². The third-order valence-electron chi connectivity index (χ3n) is 1.87. The summed E-state index contributed by atoms with van der Waals surface area (Å²) in [5, 5.41) is 20.4. The van der Waals surface area contributed by atoms with Crippen molar-refractivity contribution in [3.63, 3.8) is 0 Å². The van der Waals surface area contributed by atoms with Crippen LogP contribution in [0, 0.1) is 5.92 Å². The van der Waals surface area contributed by atoms with E-state index in [2.05, 4.69) is 5.32 Å². The average molecular weight is 219 g/mol. The van der Waals surface area contributed by atoms with Crippen molar-refractivity contribution in [3.05, 3.63) is 0 Å². The molecular formula is C10H21NO4. The summed E-state index contributed by atoms with van der Waals surface area (Å²) >= 11 is 0. The molecule has 3 N–H and O–H groups in total. The van der Waals surface area contributed by atoms with E-state index in [9.17, 15) is 4.79 Å². The first kappa shape index (κ1) is 14.2. The summed E-state index contributed by atoms with van der Waals surface area (Å²) in [5.41, 5.74) is -0.563. The lowest BCUT2D eigenvalue weighted by molar-refractivity contribution is 0.0438. The molecule has 0 aliphatic carbocycles. The molecule has 0 aliphatic rings. The monoisotopic (exact) mass is 219 g/mol. The Kier molecular flexibility index (Phi) is 5.60. The van der Waals surface area contributed by atoms with Crippen molar-refractivity contribution in [1.82, 2.24) is 5.32 Å². The molecule has 0 fully saturated rings. The molecule has 2 atom stereocenters. The van der Waals surface area contributed by atoms with Gasteiger partial charge in [-0.05, 0) is 20.8 Å². The zero-order chi connectivity index (χ0) is 12.1. The number of aliphatic hydroxyl groups is 2. The lowest BCUT2D eigenvalue weighted by Gasteiger charge is -2.25. The molecule has 0 aromatic rings. The minimum absolute atomic E-state index is 0.0962. The van der Waals surface area contributed by atoms with Crippen LogP contribution in [-0.4, -0.2) is 41.2 Å². The van der Waals surface area contributed by atoms with Gasteiger partial charge in [0, 0.05) is 12.5 Å². The third-order valence-corrected chi connectivity index (χ3v) is 1.87. The van der Waals surface area contributed by atoms with Gasteiger partial charge in [0.15, 0.2) is 0 Å². The van der Waals surface area contributed by atoms with Crippen molar-refractivity contribution in [2.45, 2.75) is 39.3 Å². The highest BCUT2D eigenvalue weighted by molar-refractivity contribution is 5.68. The van der Waals surface area contributed by atoms with E-state index in [0.717, 1.165) is 0 Å². The first-order chi connectivity index (χ1) is 6.80. The van der Waals surface area contributed by atoms with Crippen LogP contribution in [0.4, 0.5) is 4.79 Å². The molecule has 90 valence electrons. The molecule has 0 aromatic heterocycles. The fourth-order valence-electron chi connectivity index (χ4n) is 0.954. The topological polar surface area (TPSA) is 78.8 Å². The molecule has 1 amide bonds. The quantitative estimate of drug-likeness (QED) is 0.643. The zero-order valence-electron chi connectivity index (χ0n) is 9.78. The number of hydrogen-bond acceptors (Lipinski definition) is 4. The van der Waals surface area contributed by atoms with Crippen LogP contribution in [0.2, 0.25) is 0 Å². The van der Waals surface area contributed by atoms with Crippen LogP contribution in [0.5, 0.6) is 0 Å². The molecular weight excluding hydrogens is 198 g/mol. The number of nitrogens with one attached hydrogen (secondary N) is 1. The Balaban J connectivity index is 4.13. The normalized spacial score (nSPS) is 15.6. The SMILES string of the molecule is CC(CO)C(CO)NC(=O)OC(C)(C)C. The number of hydrogen-bond donors (Lipinski definition) is 3. The summed E-state index contributed by atoms with van der Waals surface area (Å²) in [6.45, 7) is 6.70. The zero-order valence-corrected chi connectivity index (χ0v) is 9.78. The van der Waals surface area contributed by atoms with E-state index in [0.29, 0.717) is 0 Å². The average Bonchev–Trinajstić information content (AvgIpc) is 2.10. The second-order valence-corrected chi connectivity index (χ2v) is 4.60. The van der Waals surface area contributed by atoms with Gasteiger partial charge in [-0.2, -0.15) is 0 Å². The maximum atomic E-state index is 11.3. The Morgan fingerprint density at radius 1 is 1.33 bits per heavy atom. The Labute approximate surface area is 90.4 Å². The molecule has 5 nitrogen and oxygen atoms in total. The Morgan fingerprint density at radius 2 is 1.87 bits per heavy atom. The summed E-state index contributed by atoms with van der Waals surface area (Å²) in [7, 11) is 0. The molecule has 5 heteroatoms. The van der Waals surface area contributed by atoms with Crippen molar-refractivity contribution in [1.29, 1.82) is 0 Å². The van der Waals surface area contributed by atoms with E-state index < -0.39 is 17.7 Å². The lowest BCUT2D eigenvalue weighted by atomic mass is 10.0. The number of ether oxygens (including phenoxy) is 1. The Bertz CT molecular complexity index is 200. The smallest absolute Gasteiger partial charge is 0.407 e. The van der Waals surface area contributed by atoms with E-state index in [1.807, 2.05) is 0 Å². The first-order valence-electron chi connectivity index (χ1n) is 5.01. The van der Waals surface area contributed by atoms with Crippen LogP contribution >= 0.6 is 0 Å². The number of aliphatic hydroxyl groups excluding tert-OH is 2. The second kappa shape index (κ2) is 5.92. The molecule has 15 heavy (non-hydrogen) atoms. The summed E-state index contributed by atoms with van der Waals surface area (Å²) in [5.74, 6) is -0.206. The van der Waals surface area contributed by atoms with Gasteiger partial charge < -0.3 is 20.3 Å². The Morgan fingerprint density at radius 3 is 2.20 bits per heavy atom. The summed E-state index contributed by atoms with van der Waals surface area (Å²) in [4.78, 5) is 11.3. The van der Waals surface area contributed by atoms with Crippen molar-refractivity contribution in [2.24, 2.45) is 5.92 Å². The van der Waals surface area contributed by atoms with Crippen LogP contribution in [0.1, 0.15) is 27.7 Å². The van der Waals surface area contributed by atoms with Crippen LogP contribution in [0.15, 0.2) is 0 Å². The van der Waals surface area contributed by atoms with E-state index in [4.69, 9.17) is 14.9 Å². The van der Waals surface area contributed by atoms with Crippen LogP contribution < -0.4 is 5.32 Å². The largest absolute Gasteiger partial charge is 0.444 e. The molecule has 0 aliphatic heterocycles. The number of rotatable bonds is 4. The van der Waals surface area contributed by atoms with Crippen molar-refractivity contribution in [3.8, 4) is 0 Å². The van der Waals surface area contributed by atoms with Gasteiger partial charge in [-0.1, -0.05) is 6.92 Å². The second-order valence-electron chi connectivity index (χ2n) is 4.60. The van der Waals surface area contributed by atoms with Crippen LogP contribution in [0.3, 0.4) is 0 Å². The van der Waals surface area contributed by atoms with Gasteiger partial charge in [0.05, 0.1) is 12.6 Å². The van der Waals surface area contributed by atoms with Gasteiger partial charge in [0.2, 0.25) is 0 Å². The van der Waals surface area contributed by atoms with Crippen molar-refractivity contribution in [2.75, 3.05) is 13.2 Å². The molecule has 0 spiro atoms. The number of alkyl carbamates (subject to hydrolysis) is 1. The predicted octanol–water partition coefficient (Wildman–Crippen LogP) is 0.500. The summed E-state index contributed by atoms with van der Waals surface area (Å²) in [6, 6.07) is -0.482. The maximum absolute atomic E-state index is 11.3. The summed E-state index contributed by atoms with van der Waals surface area (Å²) < 4.78 is 5.02. The molecule has 0 bridgehead atoms. The highest BCUT2D eigenvalue weighted by Crippen LogP contribution is 2.08. The van der Waals surface area contributed by atoms with E-state index >= 15 is 0 Å². The highest BCUT2D eigenvalue weighted by atomic mass is 16.6. The van der Waals surface area contributed by atoms with Crippen molar-refractivity contribution < 1.29 is 19.7 Å². The Hall–Kier alpha value is -0.810. The van der Waals surface area contributed by atoms with Crippen LogP contribution in [-0.2, 0) is 4.74 Å². The van der Waals surface area contributed by atoms with Gasteiger partial charge >= 0.3 is 6.09 Å². The number of carbonyl (C=O) groups excluding carboxylic acids is 1. The molecule has 0 heterocycles. The molecule has 0 rings (SSSR count). The minimum Gasteiger partial charge on any atom is -0.444 e. The predicted molar refractivity (Wildman–Crippen MR) is 56.5 cm³/mol. The van der Waals surface area contributed by atoms with Crippen LogP contribution in [0.25, 0.3) is 0 Å². The summed E-state index contributed by atoms with van der Waals surface area (Å²) in [6.07, 6.45) is -0.582. The highest BCUT2D eigenvalue weighted by Gasteiger charge is 2.22. The minimum atomic E-state index is -0.582. The van der Waals surface area contributed by atoms with Gasteiger partial charge in [0.25, 0.3) is 0 Å². The number of amides is 1. The van der Waals surface area contributed by atoms with E-state index in [1.54, 1.807) is 27.7 Å².